The second kappa shape index (κ2) is 6.64. The average molecular weight is 276 g/mol. The number of rotatable bonds is 4. The fraction of sp³-hybridized carbons (Fsp3) is 0.562. The van der Waals surface area contributed by atoms with Crippen LogP contribution in [0.25, 0.3) is 0 Å². The number of hydrogen-bond acceptors (Lipinski definition) is 4. The highest BCUT2D eigenvalue weighted by Gasteiger charge is 2.25. The van der Waals surface area contributed by atoms with Gasteiger partial charge in [0.15, 0.2) is 0 Å². The number of nitrogen functional groups attached to an aromatic ring is 1. The molecule has 1 saturated heterocycles. The van der Waals surface area contributed by atoms with Gasteiger partial charge in [0.1, 0.15) is 0 Å². The summed E-state index contributed by atoms with van der Waals surface area (Å²) in [5.41, 5.74) is 8.19. The Hall–Kier alpha value is -1.71. The highest BCUT2D eigenvalue weighted by atomic mass is 16.5. The molecule has 0 radical (unpaired) electrons. The van der Waals surface area contributed by atoms with Crippen molar-refractivity contribution in [3.63, 3.8) is 0 Å². The monoisotopic (exact) mass is 276 g/mol. The Morgan fingerprint density at radius 1 is 1.45 bits per heavy atom. The summed E-state index contributed by atoms with van der Waals surface area (Å²) in [7, 11) is 1.38. The third-order valence-electron chi connectivity index (χ3n) is 4.05. The normalized spacial score (nSPS) is 18.9. The van der Waals surface area contributed by atoms with E-state index in [2.05, 4.69) is 11.8 Å². The molecule has 0 bridgehead atoms. The van der Waals surface area contributed by atoms with E-state index in [1.165, 1.54) is 32.8 Å². The van der Waals surface area contributed by atoms with E-state index in [0.29, 0.717) is 17.3 Å². The molecular formula is C16H24N2O2. The van der Waals surface area contributed by atoms with Gasteiger partial charge in [-0.1, -0.05) is 19.4 Å². The molecule has 0 aromatic heterocycles. The van der Waals surface area contributed by atoms with Crippen molar-refractivity contribution in [1.29, 1.82) is 0 Å². The largest absolute Gasteiger partial charge is 0.465 e. The lowest BCUT2D eigenvalue weighted by Crippen LogP contribution is -2.40. The van der Waals surface area contributed by atoms with Crippen LogP contribution in [0.5, 0.6) is 0 Å². The van der Waals surface area contributed by atoms with Gasteiger partial charge >= 0.3 is 5.97 Å². The van der Waals surface area contributed by atoms with Gasteiger partial charge in [-0.3, -0.25) is 0 Å². The first kappa shape index (κ1) is 14.7. The molecule has 1 atom stereocenters. The molecule has 0 saturated carbocycles. The second-order valence-corrected chi connectivity index (χ2v) is 5.36. The minimum absolute atomic E-state index is 0.367. The number of nitrogens with zero attached hydrogens (tertiary/aromatic N) is 1. The fourth-order valence-corrected chi connectivity index (χ4v) is 3.04. The third-order valence-corrected chi connectivity index (χ3v) is 4.05. The van der Waals surface area contributed by atoms with Gasteiger partial charge in [0.2, 0.25) is 0 Å². The molecule has 1 aromatic carbocycles. The number of hydrogen-bond donors (Lipinski definition) is 1. The zero-order chi connectivity index (χ0) is 14.5. The van der Waals surface area contributed by atoms with Gasteiger partial charge in [0.25, 0.3) is 0 Å². The van der Waals surface area contributed by atoms with E-state index in [-0.39, 0.29) is 5.97 Å². The number of carbonyl (C=O) groups excluding carboxylic acids is 1. The van der Waals surface area contributed by atoms with E-state index in [0.717, 1.165) is 18.7 Å². The molecule has 1 fully saturated rings. The molecule has 2 rings (SSSR count). The molecule has 0 spiro atoms. The molecule has 0 amide bonds. The Labute approximate surface area is 120 Å². The summed E-state index contributed by atoms with van der Waals surface area (Å²) in [6, 6.07) is 6.15. The molecule has 1 aliphatic rings. The summed E-state index contributed by atoms with van der Waals surface area (Å²) in [6.07, 6.45) is 6.00. The van der Waals surface area contributed by atoms with Gasteiger partial charge in [0.05, 0.1) is 24.0 Å². The van der Waals surface area contributed by atoms with Gasteiger partial charge in [-0.2, -0.15) is 0 Å². The molecule has 1 heterocycles. The summed E-state index contributed by atoms with van der Waals surface area (Å²) >= 11 is 0. The van der Waals surface area contributed by atoms with Crippen LogP contribution in [-0.4, -0.2) is 25.7 Å². The molecule has 1 aliphatic heterocycles. The van der Waals surface area contributed by atoms with Crippen LogP contribution >= 0.6 is 0 Å². The Morgan fingerprint density at radius 3 is 2.95 bits per heavy atom. The van der Waals surface area contributed by atoms with Crippen LogP contribution in [0.1, 0.15) is 49.4 Å². The first-order valence-corrected chi connectivity index (χ1v) is 7.42. The van der Waals surface area contributed by atoms with Crippen molar-refractivity contribution in [3.8, 4) is 0 Å². The molecule has 4 heteroatoms. The zero-order valence-electron chi connectivity index (χ0n) is 12.4. The topological polar surface area (TPSA) is 55.6 Å². The van der Waals surface area contributed by atoms with Gasteiger partial charge in [-0.15, -0.1) is 0 Å². The standard InChI is InChI=1S/C16H24N2O2/c1-3-7-12-8-4-5-11-18(12)14-10-6-9-13(15(14)17)16(19)20-2/h6,9-10,12H,3-5,7-8,11,17H2,1-2H3. The van der Waals surface area contributed by atoms with Gasteiger partial charge in [-0.05, 0) is 37.8 Å². The predicted molar refractivity (Wildman–Crippen MR) is 82.1 cm³/mol. The Kier molecular flexibility index (Phi) is 4.88. The summed E-state index contributed by atoms with van der Waals surface area (Å²) in [5, 5.41) is 0. The molecule has 1 unspecified atom stereocenters. The average Bonchev–Trinajstić information content (AvgIpc) is 2.48. The maximum Gasteiger partial charge on any atom is 0.340 e. The van der Waals surface area contributed by atoms with Gasteiger partial charge < -0.3 is 15.4 Å². The summed E-state index contributed by atoms with van der Waals surface area (Å²) in [6.45, 7) is 3.22. The molecule has 1 aromatic rings. The van der Waals surface area contributed by atoms with Crippen LogP contribution in [0.3, 0.4) is 0 Å². The van der Waals surface area contributed by atoms with Crippen molar-refractivity contribution in [3.05, 3.63) is 23.8 Å². The van der Waals surface area contributed by atoms with Crippen LogP contribution in [-0.2, 0) is 4.74 Å². The number of piperidine rings is 1. The molecule has 20 heavy (non-hydrogen) atoms. The van der Waals surface area contributed by atoms with Crippen molar-refractivity contribution < 1.29 is 9.53 Å². The number of nitrogens with two attached hydrogens (primary N) is 1. The Morgan fingerprint density at radius 2 is 2.25 bits per heavy atom. The number of para-hydroxylation sites is 1. The number of methoxy groups -OCH3 is 1. The quantitative estimate of drug-likeness (QED) is 0.677. The number of ether oxygens (including phenoxy) is 1. The van der Waals surface area contributed by atoms with Crippen molar-refractivity contribution in [1.82, 2.24) is 0 Å². The van der Waals surface area contributed by atoms with Crippen LogP contribution in [0.2, 0.25) is 0 Å². The maximum absolute atomic E-state index is 11.8. The lowest BCUT2D eigenvalue weighted by Gasteiger charge is -2.38. The summed E-state index contributed by atoms with van der Waals surface area (Å²) in [5.74, 6) is -0.367. The van der Waals surface area contributed by atoms with Crippen molar-refractivity contribution in [2.24, 2.45) is 0 Å². The SMILES string of the molecule is CCCC1CCCCN1c1cccc(C(=O)OC)c1N. The molecule has 4 nitrogen and oxygen atoms in total. The van der Waals surface area contributed by atoms with Crippen LogP contribution in [0.15, 0.2) is 18.2 Å². The predicted octanol–water partition coefficient (Wildman–Crippen LogP) is 3.21. The Bertz CT molecular complexity index is 472. The molecular weight excluding hydrogens is 252 g/mol. The highest BCUT2D eigenvalue weighted by Crippen LogP contribution is 2.33. The summed E-state index contributed by atoms with van der Waals surface area (Å²) < 4.78 is 4.80. The van der Waals surface area contributed by atoms with Crippen molar-refractivity contribution in [2.75, 3.05) is 24.3 Å². The second-order valence-electron chi connectivity index (χ2n) is 5.36. The lowest BCUT2D eigenvalue weighted by molar-refractivity contribution is 0.0602. The van der Waals surface area contributed by atoms with Crippen LogP contribution < -0.4 is 10.6 Å². The van der Waals surface area contributed by atoms with E-state index in [1.54, 1.807) is 6.07 Å². The number of benzene rings is 1. The third kappa shape index (κ3) is 2.89. The van der Waals surface area contributed by atoms with Crippen LogP contribution in [0, 0.1) is 0 Å². The van der Waals surface area contributed by atoms with Crippen LogP contribution in [0.4, 0.5) is 11.4 Å². The Balaban J connectivity index is 2.33. The van der Waals surface area contributed by atoms with Crippen molar-refractivity contribution >= 4 is 17.3 Å². The minimum atomic E-state index is -0.367. The minimum Gasteiger partial charge on any atom is -0.465 e. The number of anilines is 2. The zero-order valence-corrected chi connectivity index (χ0v) is 12.4. The lowest BCUT2D eigenvalue weighted by atomic mass is 9.96. The maximum atomic E-state index is 11.8. The van der Waals surface area contributed by atoms with E-state index in [9.17, 15) is 4.79 Å². The van der Waals surface area contributed by atoms with E-state index < -0.39 is 0 Å². The van der Waals surface area contributed by atoms with E-state index in [1.807, 2.05) is 12.1 Å². The molecule has 0 aliphatic carbocycles. The van der Waals surface area contributed by atoms with E-state index in [4.69, 9.17) is 10.5 Å². The number of carbonyl (C=O) groups is 1. The highest BCUT2D eigenvalue weighted by molar-refractivity contribution is 5.98. The van der Waals surface area contributed by atoms with Gasteiger partial charge in [-0.25, -0.2) is 4.79 Å². The van der Waals surface area contributed by atoms with Gasteiger partial charge in [0, 0.05) is 12.6 Å². The first-order valence-electron chi connectivity index (χ1n) is 7.42. The fourth-order valence-electron chi connectivity index (χ4n) is 3.04. The van der Waals surface area contributed by atoms with Crippen molar-refractivity contribution in [2.45, 2.75) is 45.1 Å². The number of esters is 1. The smallest absolute Gasteiger partial charge is 0.340 e. The first-order chi connectivity index (χ1) is 9.69. The molecule has 2 N–H and O–H groups in total. The summed E-state index contributed by atoms with van der Waals surface area (Å²) in [4.78, 5) is 14.1. The van der Waals surface area contributed by atoms with E-state index >= 15 is 0 Å². The molecule has 110 valence electrons.